The molecule has 0 aliphatic rings. The average molecular weight is 200 g/mol. The van der Waals surface area contributed by atoms with Crippen molar-refractivity contribution in [1.82, 2.24) is 0 Å². The number of ether oxygens (including phenoxy) is 1. The summed E-state index contributed by atoms with van der Waals surface area (Å²) in [5.41, 5.74) is 12.6. The highest BCUT2D eigenvalue weighted by atomic mass is 16.5. The second kappa shape index (κ2) is 3.92. The predicted molar refractivity (Wildman–Crippen MR) is 61.8 cm³/mol. The van der Waals surface area contributed by atoms with Crippen LogP contribution in [-0.4, -0.2) is 0 Å². The zero-order valence-corrected chi connectivity index (χ0v) is 8.18. The van der Waals surface area contributed by atoms with Crippen LogP contribution in [0.4, 0.5) is 11.4 Å². The quantitative estimate of drug-likeness (QED) is 0.732. The Bertz CT molecular complexity index is 454. The summed E-state index contributed by atoms with van der Waals surface area (Å²) in [6, 6.07) is 14.6. The first kappa shape index (κ1) is 9.40. The summed E-state index contributed by atoms with van der Waals surface area (Å²) < 4.78 is 5.58. The Balaban J connectivity index is 2.28. The maximum absolute atomic E-state index is 5.76. The zero-order chi connectivity index (χ0) is 10.7. The Morgan fingerprint density at radius 2 is 1.60 bits per heavy atom. The summed E-state index contributed by atoms with van der Waals surface area (Å²) in [4.78, 5) is 0. The number of anilines is 2. The number of benzene rings is 2. The number of nitrogens with two attached hydrogens (primary N) is 2. The molecular formula is C12H12N2O. The van der Waals surface area contributed by atoms with Crippen molar-refractivity contribution in [2.45, 2.75) is 0 Å². The van der Waals surface area contributed by atoms with E-state index in [9.17, 15) is 0 Å². The fourth-order valence-corrected chi connectivity index (χ4v) is 1.25. The van der Waals surface area contributed by atoms with Gasteiger partial charge in [0.05, 0.1) is 5.69 Å². The number of nitrogen functional groups attached to an aromatic ring is 2. The molecule has 4 N–H and O–H groups in total. The maximum atomic E-state index is 5.76. The van der Waals surface area contributed by atoms with Crippen molar-refractivity contribution in [3.63, 3.8) is 0 Å². The van der Waals surface area contributed by atoms with E-state index in [1.165, 1.54) is 0 Å². The third-order valence-corrected chi connectivity index (χ3v) is 2.01. The lowest BCUT2D eigenvalue weighted by molar-refractivity contribution is 0.485. The van der Waals surface area contributed by atoms with E-state index in [0.29, 0.717) is 17.1 Å². The number of rotatable bonds is 2. The molecule has 0 bridgehead atoms. The number of para-hydroxylation sites is 1. The average Bonchev–Trinajstić information content (AvgIpc) is 2.25. The van der Waals surface area contributed by atoms with E-state index < -0.39 is 0 Å². The monoisotopic (exact) mass is 200 g/mol. The summed E-state index contributed by atoms with van der Waals surface area (Å²) >= 11 is 0. The van der Waals surface area contributed by atoms with Crippen molar-refractivity contribution in [3.05, 3.63) is 48.5 Å². The van der Waals surface area contributed by atoms with E-state index in [1.54, 1.807) is 18.2 Å². The normalized spacial score (nSPS) is 9.87. The molecule has 76 valence electrons. The lowest BCUT2D eigenvalue weighted by Gasteiger charge is -2.08. The predicted octanol–water partition coefficient (Wildman–Crippen LogP) is 2.64. The molecule has 2 aromatic rings. The third-order valence-electron chi connectivity index (χ3n) is 2.01. The second-order valence-electron chi connectivity index (χ2n) is 3.21. The SMILES string of the molecule is Nc1ccc(N)c(Oc2ccccc2)c1. The fourth-order valence-electron chi connectivity index (χ4n) is 1.25. The summed E-state index contributed by atoms with van der Waals surface area (Å²) in [6.45, 7) is 0. The highest BCUT2D eigenvalue weighted by molar-refractivity contribution is 5.60. The standard InChI is InChI=1S/C12H12N2O/c13-9-6-7-11(14)12(8-9)15-10-4-2-1-3-5-10/h1-8H,13-14H2. The Labute approximate surface area is 88.3 Å². The zero-order valence-electron chi connectivity index (χ0n) is 8.18. The van der Waals surface area contributed by atoms with Crippen molar-refractivity contribution >= 4 is 11.4 Å². The molecule has 0 fully saturated rings. The van der Waals surface area contributed by atoms with Crippen LogP contribution in [-0.2, 0) is 0 Å². The van der Waals surface area contributed by atoms with Gasteiger partial charge < -0.3 is 16.2 Å². The first-order valence-corrected chi connectivity index (χ1v) is 4.63. The Morgan fingerprint density at radius 1 is 0.867 bits per heavy atom. The van der Waals surface area contributed by atoms with Crippen LogP contribution in [0.5, 0.6) is 11.5 Å². The molecule has 2 rings (SSSR count). The molecule has 0 heterocycles. The minimum atomic E-state index is 0.577. The molecule has 0 radical (unpaired) electrons. The van der Waals surface area contributed by atoms with E-state index in [0.717, 1.165) is 5.75 Å². The Hall–Kier alpha value is -2.16. The van der Waals surface area contributed by atoms with Gasteiger partial charge in [0.2, 0.25) is 0 Å². The molecule has 3 nitrogen and oxygen atoms in total. The van der Waals surface area contributed by atoms with Crippen molar-refractivity contribution in [1.29, 1.82) is 0 Å². The molecular weight excluding hydrogens is 188 g/mol. The molecule has 0 saturated carbocycles. The van der Waals surface area contributed by atoms with E-state index in [1.807, 2.05) is 30.3 Å². The number of hydrogen-bond acceptors (Lipinski definition) is 3. The molecule has 0 aromatic heterocycles. The van der Waals surface area contributed by atoms with Crippen LogP contribution in [0.3, 0.4) is 0 Å². The highest BCUT2D eigenvalue weighted by Crippen LogP contribution is 2.28. The molecule has 0 amide bonds. The van der Waals surface area contributed by atoms with Gasteiger partial charge in [-0.05, 0) is 24.3 Å². The van der Waals surface area contributed by atoms with Gasteiger partial charge in [-0.15, -0.1) is 0 Å². The molecule has 15 heavy (non-hydrogen) atoms. The Kier molecular flexibility index (Phi) is 2.46. The van der Waals surface area contributed by atoms with Crippen LogP contribution < -0.4 is 16.2 Å². The number of hydrogen-bond donors (Lipinski definition) is 2. The molecule has 0 saturated heterocycles. The van der Waals surface area contributed by atoms with Crippen LogP contribution >= 0.6 is 0 Å². The van der Waals surface area contributed by atoms with Crippen LogP contribution in [0, 0.1) is 0 Å². The van der Waals surface area contributed by atoms with Crippen molar-refractivity contribution in [2.75, 3.05) is 11.5 Å². The summed E-state index contributed by atoms with van der Waals surface area (Å²) in [6.07, 6.45) is 0. The van der Waals surface area contributed by atoms with Crippen LogP contribution in [0.1, 0.15) is 0 Å². The lowest BCUT2D eigenvalue weighted by atomic mass is 10.2. The van der Waals surface area contributed by atoms with Crippen LogP contribution in [0.15, 0.2) is 48.5 Å². The van der Waals surface area contributed by atoms with Gasteiger partial charge in [0, 0.05) is 11.8 Å². The lowest BCUT2D eigenvalue weighted by Crippen LogP contribution is -1.93. The molecule has 0 atom stereocenters. The molecule has 0 aliphatic carbocycles. The first-order valence-electron chi connectivity index (χ1n) is 4.63. The minimum Gasteiger partial charge on any atom is -0.455 e. The van der Waals surface area contributed by atoms with Crippen molar-refractivity contribution in [2.24, 2.45) is 0 Å². The van der Waals surface area contributed by atoms with Gasteiger partial charge in [-0.3, -0.25) is 0 Å². The van der Waals surface area contributed by atoms with E-state index in [4.69, 9.17) is 16.2 Å². The van der Waals surface area contributed by atoms with Crippen molar-refractivity contribution < 1.29 is 4.74 Å². The van der Waals surface area contributed by atoms with Gasteiger partial charge in [-0.25, -0.2) is 0 Å². The Morgan fingerprint density at radius 3 is 2.33 bits per heavy atom. The molecule has 2 aromatic carbocycles. The van der Waals surface area contributed by atoms with Gasteiger partial charge in [0.15, 0.2) is 5.75 Å². The summed E-state index contributed by atoms with van der Waals surface area (Å²) in [5, 5.41) is 0. The third kappa shape index (κ3) is 2.20. The smallest absolute Gasteiger partial charge is 0.152 e. The maximum Gasteiger partial charge on any atom is 0.152 e. The van der Waals surface area contributed by atoms with Gasteiger partial charge in [-0.2, -0.15) is 0 Å². The summed E-state index contributed by atoms with van der Waals surface area (Å²) in [5.74, 6) is 1.33. The van der Waals surface area contributed by atoms with Crippen LogP contribution in [0.25, 0.3) is 0 Å². The molecule has 0 spiro atoms. The first-order chi connectivity index (χ1) is 7.25. The van der Waals surface area contributed by atoms with E-state index >= 15 is 0 Å². The minimum absolute atomic E-state index is 0.577. The largest absolute Gasteiger partial charge is 0.455 e. The topological polar surface area (TPSA) is 61.3 Å². The summed E-state index contributed by atoms with van der Waals surface area (Å²) in [7, 11) is 0. The highest BCUT2D eigenvalue weighted by Gasteiger charge is 2.01. The molecule has 0 unspecified atom stereocenters. The molecule has 0 aliphatic heterocycles. The molecule has 3 heteroatoms. The van der Waals surface area contributed by atoms with Gasteiger partial charge >= 0.3 is 0 Å². The van der Waals surface area contributed by atoms with E-state index in [-0.39, 0.29) is 0 Å². The fraction of sp³-hybridized carbons (Fsp3) is 0. The van der Waals surface area contributed by atoms with Crippen LogP contribution in [0.2, 0.25) is 0 Å². The second-order valence-corrected chi connectivity index (χ2v) is 3.21. The van der Waals surface area contributed by atoms with Crippen molar-refractivity contribution in [3.8, 4) is 11.5 Å². The van der Waals surface area contributed by atoms with Gasteiger partial charge in [-0.1, -0.05) is 18.2 Å². The van der Waals surface area contributed by atoms with Gasteiger partial charge in [0.25, 0.3) is 0 Å². The van der Waals surface area contributed by atoms with Gasteiger partial charge in [0.1, 0.15) is 5.75 Å². The van der Waals surface area contributed by atoms with E-state index in [2.05, 4.69) is 0 Å².